The van der Waals surface area contributed by atoms with Gasteiger partial charge in [-0.25, -0.2) is 9.18 Å². The molecular formula is C22H24FNO8S. The third-order valence-electron chi connectivity index (χ3n) is 4.67. The number of benzene rings is 2. The minimum atomic E-state index is -1.07. The van der Waals surface area contributed by atoms with Gasteiger partial charge in [-0.1, -0.05) is 6.07 Å². The van der Waals surface area contributed by atoms with Gasteiger partial charge in [-0.05, 0) is 36.8 Å². The number of aromatic hydroxyl groups is 1. The summed E-state index contributed by atoms with van der Waals surface area (Å²) in [6.45, 7) is 2.07. The van der Waals surface area contributed by atoms with Crippen LogP contribution in [0.15, 0.2) is 36.4 Å². The Balaban J connectivity index is 1.78. The molecule has 9 nitrogen and oxygen atoms in total. The second-order valence-corrected chi connectivity index (χ2v) is 7.21. The van der Waals surface area contributed by atoms with Crippen LogP contribution in [0.25, 0.3) is 0 Å². The molecular weight excluding hydrogens is 457 g/mol. The van der Waals surface area contributed by atoms with Crippen LogP contribution >= 0.6 is 12.6 Å². The summed E-state index contributed by atoms with van der Waals surface area (Å²) in [5.41, 5.74) is 0.653. The number of carbonyl (C=O) groups is 2. The Morgan fingerprint density at radius 1 is 1.21 bits per heavy atom. The molecule has 0 aromatic heterocycles. The van der Waals surface area contributed by atoms with Gasteiger partial charge in [0.1, 0.15) is 6.10 Å². The zero-order valence-corrected chi connectivity index (χ0v) is 18.7. The molecule has 1 aliphatic heterocycles. The molecule has 3 rings (SSSR count). The van der Waals surface area contributed by atoms with Crippen molar-refractivity contribution in [1.29, 1.82) is 0 Å². The standard InChI is InChI=1S/C22H24FNO8S/c1-2-28-18(7-8-29-20(26)11-33)21(13-3-5-16(25)15(23)9-13)32-22(27)24-14-4-6-17-19(10-14)31-12-30-17/h3-6,9-10,18,21,25,33H,2,7-8,11-12H2,1H3,(H,24,27)/t18-,21-/m1/s1. The van der Waals surface area contributed by atoms with E-state index in [-0.39, 0.29) is 37.7 Å². The summed E-state index contributed by atoms with van der Waals surface area (Å²) in [4.78, 5) is 24.1. The monoisotopic (exact) mass is 481 g/mol. The van der Waals surface area contributed by atoms with Crippen LogP contribution < -0.4 is 14.8 Å². The van der Waals surface area contributed by atoms with Crippen molar-refractivity contribution in [3.05, 3.63) is 47.8 Å². The molecule has 0 saturated carbocycles. The number of anilines is 1. The van der Waals surface area contributed by atoms with Gasteiger partial charge < -0.3 is 28.8 Å². The number of thiol groups is 1. The van der Waals surface area contributed by atoms with Gasteiger partial charge in [0.05, 0.1) is 12.4 Å². The van der Waals surface area contributed by atoms with Gasteiger partial charge in [0, 0.05) is 24.8 Å². The van der Waals surface area contributed by atoms with Gasteiger partial charge in [0.2, 0.25) is 6.79 Å². The van der Waals surface area contributed by atoms with Crippen LogP contribution in [-0.4, -0.2) is 49.0 Å². The Kier molecular flexibility index (Phi) is 8.61. The number of carbonyl (C=O) groups excluding carboxylic acids is 2. The largest absolute Gasteiger partial charge is 0.505 e. The lowest BCUT2D eigenvalue weighted by molar-refractivity contribution is -0.142. The van der Waals surface area contributed by atoms with E-state index in [1.165, 1.54) is 6.07 Å². The Bertz CT molecular complexity index is 989. The number of ether oxygens (including phenoxy) is 5. The van der Waals surface area contributed by atoms with Crippen molar-refractivity contribution in [2.45, 2.75) is 25.6 Å². The third-order valence-corrected chi connectivity index (χ3v) is 4.92. The second-order valence-electron chi connectivity index (χ2n) is 6.89. The number of hydrogen-bond acceptors (Lipinski definition) is 9. The van der Waals surface area contributed by atoms with E-state index in [4.69, 9.17) is 23.7 Å². The molecule has 178 valence electrons. The zero-order valence-electron chi connectivity index (χ0n) is 17.8. The zero-order chi connectivity index (χ0) is 23.8. The Morgan fingerprint density at radius 2 is 2.00 bits per heavy atom. The maximum Gasteiger partial charge on any atom is 0.412 e. The van der Waals surface area contributed by atoms with E-state index in [0.29, 0.717) is 17.2 Å². The van der Waals surface area contributed by atoms with Crippen molar-refractivity contribution in [3.8, 4) is 17.2 Å². The predicted molar refractivity (Wildman–Crippen MR) is 118 cm³/mol. The fraction of sp³-hybridized carbons (Fsp3) is 0.364. The lowest BCUT2D eigenvalue weighted by Crippen LogP contribution is -2.30. The van der Waals surface area contributed by atoms with Gasteiger partial charge in [-0.3, -0.25) is 10.1 Å². The summed E-state index contributed by atoms with van der Waals surface area (Å²) < 4.78 is 41.0. The van der Waals surface area contributed by atoms with Gasteiger partial charge in [-0.15, -0.1) is 0 Å². The molecule has 2 aromatic carbocycles. The van der Waals surface area contributed by atoms with Crippen molar-refractivity contribution in [1.82, 2.24) is 0 Å². The smallest absolute Gasteiger partial charge is 0.412 e. The first-order valence-corrected chi connectivity index (χ1v) is 10.8. The average Bonchev–Trinajstić information content (AvgIpc) is 3.26. The summed E-state index contributed by atoms with van der Waals surface area (Å²) in [5.74, 6) is -0.989. The van der Waals surface area contributed by atoms with E-state index >= 15 is 0 Å². The molecule has 0 saturated heterocycles. The van der Waals surface area contributed by atoms with Crippen molar-refractivity contribution in [2.24, 2.45) is 0 Å². The van der Waals surface area contributed by atoms with E-state index in [0.717, 1.165) is 12.1 Å². The Labute approximate surface area is 195 Å². The maximum absolute atomic E-state index is 14.1. The maximum atomic E-state index is 14.1. The first-order valence-electron chi connectivity index (χ1n) is 10.1. The van der Waals surface area contributed by atoms with Crippen LogP contribution in [0.5, 0.6) is 17.2 Å². The van der Waals surface area contributed by atoms with Crippen LogP contribution in [-0.2, 0) is 19.0 Å². The molecule has 11 heteroatoms. The topological polar surface area (TPSA) is 113 Å². The van der Waals surface area contributed by atoms with E-state index in [1.54, 1.807) is 25.1 Å². The van der Waals surface area contributed by atoms with E-state index in [9.17, 15) is 19.1 Å². The molecule has 0 aliphatic carbocycles. The minimum Gasteiger partial charge on any atom is -0.505 e. The van der Waals surface area contributed by atoms with Gasteiger partial charge >= 0.3 is 12.1 Å². The second kappa shape index (κ2) is 11.6. The number of amides is 1. The molecule has 2 N–H and O–H groups in total. The van der Waals surface area contributed by atoms with Gasteiger partial charge in [0.25, 0.3) is 0 Å². The van der Waals surface area contributed by atoms with Crippen LogP contribution in [0.3, 0.4) is 0 Å². The van der Waals surface area contributed by atoms with Crippen LogP contribution in [0.1, 0.15) is 25.0 Å². The molecule has 2 atom stereocenters. The Hall–Kier alpha value is -3.18. The first kappa shape index (κ1) is 24.5. The fourth-order valence-corrected chi connectivity index (χ4v) is 3.26. The number of hydrogen-bond donors (Lipinski definition) is 3. The number of phenolic OH excluding ortho intramolecular Hbond substituents is 1. The van der Waals surface area contributed by atoms with Crippen LogP contribution in [0.2, 0.25) is 0 Å². The molecule has 33 heavy (non-hydrogen) atoms. The SMILES string of the molecule is CCO[C@H](CCOC(=O)CS)[C@H](OC(=O)Nc1ccc2c(c1)OCO2)c1ccc(O)c(F)c1. The predicted octanol–water partition coefficient (Wildman–Crippen LogP) is 3.82. The van der Waals surface area contributed by atoms with Crippen molar-refractivity contribution in [3.63, 3.8) is 0 Å². The highest BCUT2D eigenvalue weighted by molar-refractivity contribution is 7.81. The first-order chi connectivity index (χ1) is 15.9. The molecule has 1 heterocycles. The summed E-state index contributed by atoms with van der Waals surface area (Å²) in [5, 5.41) is 12.1. The third kappa shape index (κ3) is 6.65. The summed E-state index contributed by atoms with van der Waals surface area (Å²) >= 11 is 3.85. The molecule has 1 amide bonds. The van der Waals surface area contributed by atoms with Crippen molar-refractivity contribution >= 4 is 30.4 Å². The molecule has 0 spiro atoms. The molecule has 0 unspecified atom stereocenters. The van der Waals surface area contributed by atoms with Gasteiger partial charge in [-0.2, -0.15) is 12.6 Å². The lowest BCUT2D eigenvalue weighted by atomic mass is 10.0. The normalized spacial score (nSPS) is 13.8. The number of phenols is 1. The minimum absolute atomic E-state index is 0.0196. The number of fused-ring (bicyclic) bond motifs is 1. The summed E-state index contributed by atoms with van der Waals surface area (Å²) in [6, 6.07) is 8.46. The quantitative estimate of drug-likeness (QED) is 0.347. The molecule has 0 bridgehead atoms. The lowest BCUT2D eigenvalue weighted by Gasteiger charge is -2.27. The van der Waals surface area contributed by atoms with Crippen LogP contribution in [0, 0.1) is 5.82 Å². The number of halogens is 1. The van der Waals surface area contributed by atoms with E-state index in [1.807, 2.05) is 0 Å². The number of esters is 1. The summed E-state index contributed by atoms with van der Waals surface area (Å²) in [7, 11) is 0. The number of nitrogens with one attached hydrogen (secondary N) is 1. The Morgan fingerprint density at radius 3 is 2.73 bits per heavy atom. The highest BCUT2D eigenvalue weighted by Gasteiger charge is 2.29. The fourth-order valence-electron chi connectivity index (χ4n) is 3.17. The van der Waals surface area contributed by atoms with Crippen molar-refractivity contribution < 1.29 is 42.8 Å². The van der Waals surface area contributed by atoms with Crippen molar-refractivity contribution in [2.75, 3.05) is 31.1 Å². The molecule has 0 fully saturated rings. The molecule has 2 aromatic rings. The molecule has 0 radical (unpaired) electrons. The van der Waals surface area contributed by atoms with E-state index < -0.39 is 35.8 Å². The highest BCUT2D eigenvalue weighted by atomic mass is 32.1. The molecule has 1 aliphatic rings. The van der Waals surface area contributed by atoms with E-state index in [2.05, 4.69) is 17.9 Å². The highest BCUT2D eigenvalue weighted by Crippen LogP contribution is 2.35. The van der Waals surface area contributed by atoms with Crippen LogP contribution in [0.4, 0.5) is 14.9 Å². The average molecular weight is 481 g/mol. The number of rotatable bonds is 10. The van der Waals surface area contributed by atoms with Gasteiger partial charge in [0.15, 0.2) is 29.2 Å². The summed E-state index contributed by atoms with van der Waals surface area (Å²) in [6.07, 6.45) is -2.50.